The fourth-order valence-corrected chi connectivity index (χ4v) is 5.63. The number of unbranched alkanes of at least 4 members (excludes halogenated alkanes) is 1. The molecule has 0 heterocycles. The molecule has 10 nitrogen and oxygen atoms in total. The van der Waals surface area contributed by atoms with Gasteiger partial charge in [-0.25, -0.2) is 0 Å². The quantitative estimate of drug-likeness (QED) is 0.0603. The van der Waals surface area contributed by atoms with Crippen molar-refractivity contribution in [1.29, 1.82) is 0 Å². The maximum absolute atomic E-state index is 6.40. The molecule has 10 heteroatoms. The van der Waals surface area contributed by atoms with E-state index in [4.69, 9.17) is 28.4 Å². The van der Waals surface area contributed by atoms with E-state index in [0.717, 1.165) is 92.8 Å². The van der Waals surface area contributed by atoms with E-state index < -0.39 is 0 Å². The van der Waals surface area contributed by atoms with Crippen LogP contribution in [0.25, 0.3) is 0 Å². The Hall–Kier alpha value is -6.68. The molecule has 6 aromatic rings. The first-order chi connectivity index (χ1) is 26.5. The SMILES string of the molecule is COc1ccc(Nc2cccc(OCCCCOc3cccc(Nc4ccc(OC)cc4)c3Nc3ccc(OC)cc3)c2Nc2ccc(OC)cc2)cc1. The molecule has 0 amide bonds. The number of methoxy groups -OCH3 is 4. The highest BCUT2D eigenvalue weighted by molar-refractivity contribution is 5.84. The van der Waals surface area contributed by atoms with Gasteiger partial charge in [-0.2, -0.15) is 0 Å². The van der Waals surface area contributed by atoms with Crippen LogP contribution in [0.5, 0.6) is 34.5 Å². The minimum absolute atomic E-state index is 0.503. The lowest BCUT2D eigenvalue weighted by Gasteiger charge is -2.19. The molecule has 0 aliphatic carbocycles. The first-order valence-electron chi connectivity index (χ1n) is 17.7. The summed E-state index contributed by atoms with van der Waals surface area (Å²) in [6.45, 7) is 1.01. The van der Waals surface area contributed by atoms with Gasteiger partial charge in [0.05, 0.1) is 53.0 Å². The van der Waals surface area contributed by atoms with Crippen LogP contribution < -0.4 is 49.7 Å². The Morgan fingerprint density at radius 3 is 0.944 bits per heavy atom. The number of anilines is 8. The van der Waals surface area contributed by atoms with Crippen LogP contribution in [0.1, 0.15) is 12.8 Å². The van der Waals surface area contributed by atoms with Crippen LogP contribution >= 0.6 is 0 Å². The lowest BCUT2D eigenvalue weighted by molar-refractivity contribution is 0.268. The van der Waals surface area contributed by atoms with Crippen LogP contribution in [0.4, 0.5) is 45.5 Å². The summed E-state index contributed by atoms with van der Waals surface area (Å²) in [4.78, 5) is 0. The fourth-order valence-electron chi connectivity index (χ4n) is 5.63. The third kappa shape index (κ3) is 10.0. The summed E-state index contributed by atoms with van der Waals surface area (Å²) >= 11 is 0. The number of hydrogen-bond acceptors (Lipinski definition) is 10. The predicted molar refractivity (Wildman–Crippen MR) is 218 cm³/mol. The summed E-state index contributed by atoms with van der Waals surface area (Å²) < 4.78 is 34.2. The zero-order chi connectivity index (χ0) is 37.5. The van der Waals surface area contributed by atoms with Gasteiger partial charge >= 0.3 is 0 Å². The van der Waals surface area contributed by atoms with E-state index >= 15 is 0 Å². The van der Waals surface area contributed by atoms with E-state index in [1.54, 1.807) is 28.4 Å². The van der Waals surface area contributed by atoms with E-state index in [0.29, 0.717) is 13.2 Å². The zero-order valence-electron chi connectivity index (χ0n) is 31.0. The van der Waals surface area contributed by atoms with Crippen molar-refractivity contribution in [2.45, 2.75) is 12.8 Å². The van der Waals surface area contributed by atoms with Gasteiger partial charge in [0.2, 0.25) is 0 Å². The zero-order valence-corrected chi connectivity index (χ0v) is 31.0. The van der Waals surface area contributed by atoms with Gasteiger partial charge < -0.3 is 49.7 Å². The molecule has 0 aliphatic rings. The summed E-state index contributed by atoms with van der Waals surface area (Å²) in [5, 5.41) is 14.1. The second kappa shape index (κ2) is 18.7. The van der Waals surface area contributed by atoms with E-state index in [1.165, 1.54) is 0 Å². The second-order valence-corrected chi connectivity index (χ2v) is 12.2. The number of hydrogen-bond donors (Lipinski definition) is 4. The number of benzene rings is 6. The highest BCUT2D eigenvalue weighted by Gasteiger charge is 2.14. The molecule has 278 valence electrons. The van der Waals surface area contributed by atoms with Gasteiger partial charge in [0.25, 0.3) is 0 Å². The van der Waals surface area contributed by atoms with Gasteiger partial charge in [-0.3, -0.25) is 0 Å². The summed E-state index contributed by atoms with van der Waals surface area (Å²) in [7, 11) is 6.63. The summed E-state index contributed by atoms with van der Waals surface area (Å²) in [6.07, 6.45) is 1.56. The maximum atomic E-state index is 6.40. The van der Waals surface area contributed by atoms with Crippen LogP contribution in [0, 0.1) is 0 Å². The molecule has 0 aromatic heterocycles. The molecule has 0 unspecified atom stereocenters. The van der Waals surface area contributed by atoms with Gasteiger partial charge in [-0.15, -0.1) is 0 Å². The van der Waals surface area contributed by atoms with Crippen LogP contribution in [0.2, 0.25) is 0 Å². The van der Waals surface area contributed by atoms with E-state index in [1.807, 2.05) is 133 Å². The van der Waals surface area contributed by atoms with Crippen molar-refractivity contribution < 1.29 is 28.4 Å². The molecule has 0 aliphatic heterocycles. The van der Waals surface area contributed by atoms with Crippen molar-refractivity contribution >= 4 is 45.5 Å². The Kier molecular flexibility index (Phi) is 12.8. The molecule has 6 aromatic carbocycles. The topological polar surface area (TPSA) is 104 Å². The molecular formula is C44H46N4O6. The average molecular weight is 727 g/mol. The minimum Gasteiger partial charge on any atom is -0.497 e. The number of rotatable bonds is 19. The molecule has 0 fully saturated rings. The predicted octanol–water partition coefficient (Wildman–Crippen LogP) is 10.9. The van der Waals surface area contributed by atoms with Crippen molar-refractivity contribution in [1.82, 2.24) is 0 Å². The molecule has 0 saturated heterocycles. The highest BCUT2D eigenvalue weighted by atomic mass is 16.5. The van der Waals surface area contributed by atoms with Crippen LogP contribution in [-0.4, -0.2) is 41.7 Å². The molecule has 0 spiro atoms. The normalized spacial score (nSPS) is 10.5. The van der Waals surface area contributed by atoms with Crippen molar-refractivity contribution in [3.8, 4) is 34.5 Å². The summed E-state index contributed by atoms with van der Waals surface area (Å²) in [5.41, 5.74) is 7.05. The molecule has 4 N–H and O–H groups in total. The van der Waals surface area contributed by atoms with Crippen molar-refractivity contribution in [3.05, 3.63) is 133 Å². The molecular weight excluding hydrogens is 681 g/mol. The first-order valence-corrected chi connectivity index (χ1v) is 17.7. The lowest BCUT2D eigenvalue weighted by atomic mass is 10.2. The molecule has 0 saturated carbocycles. The van der Waals surface area contributed by atoms with E-state index in [-0.39, 0.29) is 0 Å². The van der Waals surface area contributed by atoms with Gasteiger partial charge in [-0.1, -0.05) is 12.1 Å². The molecule has 0 radical (unpaired) electrons. The first kappa shape index (κ1) is 37.1. The highest BCUT2D eigenvalue weighted by Crippen LogP contribution is 2.39. The number of ether oxygens (including phenoxy) is 6. The van der Waals surface area contributed by atoms with Crippen molar-refractivity contribution in [2.24, 2.45) is 0 Å². The van der Waals surface area contributed by atoms with Gasteiger partial charge in [-0.05, 0) is 134 Å². The minimum atomic E-state index is 0.503. The maximum Gasteiger partial charge on any atom is 0.144 e. The number of para-hydroxylation sites is 2. The Labute approximate surface area is 317 Å². The Bertz CT molecular complexity index is 1900. The third-order valence-electron chi connectivity index (χ3n) is 8.56. The van der Waals surface area contributed by atoms with Crippen molar-refractivity contribution in [3.63, 3.8) is 0 Å². The van der Waals surface area contributed by atoms with E-state index in [9.17, 15) is 0 Å². The molecule has 0 atom stereocenters. The number of nitrogens with one attached hydrogen (secondary N) is 4. The standard InChI is InChI=1S/C44H46N4O6/c1-49-35-21-13-31(14-22-35)45-39-9-7-11-41(43(39)47-33-17-25-37(51-3)26-18-33)53-29-5-6-30-54-42-12-8-10-40(46-32-15-23-36(50-2)24-16-32)44(42)48-34-19-27-38(52-4)28-20-34/h7-28,45-48H,5-6,29-30H2,1-4H3. The monoisotopic (exact) mass is 726 g/mol. The molecule has 6 rings (SSSR count). The van der Waals surface area contributed by atoms with Gasteiger partial charge in [0, 0.05) is 22.7 Å². The second-order valence-electron chi connectivity index (χ2n) is 12.2. The van der Waals surface area contributed by atoms with Crippen molar-refractivity contribution in [2.75, 3.05) is 62.9 Å². The van der Waals surface area contributed by atoms with Crippen LogP contribution in [0.3, 0.4) is 0 Å². The Balaban J connectivity index is 1.12. The summed E-state index contributed by atoms with van der Waals surface area (Å²) in [6, 6.07) is 43.1. The van der Waals surface area contributed by atoms with Gasteiger partial charge in [0.1, 0.15) is 45.9 Å². The van der Waals surface area contributed by atoms with Crippen LogP contribution in [0.15, 0.2) is 133 Å². The van der Waals surface area contributed by atoms with Gasteiger partial charge in [0.15, 0.2) is 0 Å². The van der Waals surface area contributed by atoms with E-state index in [2.05, 4.69) is 21.3 Å². The smallest absolute Gasteiger partial charge is 0.144 e. The fraction of sp³-hybridized carbons (Fsp3) is 0.182. The Morgan fingerprint density at radius 2 is 0.648 bits per heavy atom. The summed E-state index contributed by atoms with van der Waals surface area (Å²) in [5.74, 6) is 4.62. The largest absolute Gasteiger partial charge is 0.497 e. The lowest BCUT2D eigenvalue weighted by Crippen LogP contribution is -2.06. The van der Waals surface area contributed by atoms with Crippen LogP contribution in [-0.2, 0) is 0 Å². The Morgan fingerprint density at radius 1 is 0.352 bits per heavy atom. The third-order valence-corrected chi connectivity index (χ3v) is 8.56. The average Bonchev–Trinajstić information content (AvgIpc) is 3.22. The molecule has 0 bridgehead atoms. The molecule has 54 heavy (non-hydrogen) atoms.